The minimum absolute atomic E-state index is 0.0474. The zero-order chi connectivity index (χ0) is 23.0. The van der Waals surface area contributed by atoms with Crippen LogP contribution in [-0.2, 0) is 47.6 Å². The lowest BCUT2D eigenvalue weighted by molar-refractivity contribution is -0.233. The zero-order valence-electron chi connectivity index (χ0n) is 17.9. The Bertz CT molecular complexity index is 924. The maximum atomic E-state index is 12.6. The first-order valence-electron chi connectivity index (χ1n) is 9.69. The molecule has 10 nitrogen and oxygen atoms in total. The highest BCUT2D eigenvalue weighted by Crippen LogP contribution is 2.40. The molecule has 2 aliphatic heterocycles. The van der Waals surface area contributed by atoms with Crippen LogP contribution in [0.2, 0.25) is 0 Å². The predicted octanol–water partition coefficient (Wildman–Crippen LogP) is 1.44. The van der Waals surface area contributed by atoms with Crippen molar-refractivity contribution in [2.45, 2.75) is 76.0 Å². The van der Waals surface area contributed by atoms with Crippen LogP contribution in [0.15, 0.2) is 29.2 Å². The van der Waals surface area contributed by atoms with E-state index in [1.54, 1.807) is 26.0 Å². The van der Waals surface area contributed by atoms with Gasteiger partial charge in [0.15, 0.2) is 30.4 Å². The van der Waals surface area contributed by atoms with Crippen LogP contribution in [0, 0.1) is 6.92 Å². The van der Waals surface area contributed by atoms with Crippen molar-refractivity contribution in [3.05, 3.63) is 29.8 Å². The number of carbonyl (C=O) groups is 2. The fourth-order valence-corrected chi connectivity index (χ4v) is 4.39. The molecule has 5 atom stereocenters. The van der Waals surface area contributed by atoms with E-state index in [0.717, 1.165) is 12.5 Å². The molecule has 1 aromatic carbocycles. The SMILES string of the molecule is CC(=O)OC(COS(=O)(=O)c1ccc(C)cc1)C1OC2OC(C)(C)OC2C1OC(C)=O. The Morgan fingerprint density at radius 2 is 1.74 bits per heavy atom. The van der Waals surface area contributed by atoms with Crippen molar-refractivity contribution < 1.29 is 45.9 Å². The lowest BCUT2D eigenvalue weighted by Crippen LogP contribution is -2.47. The van der Waals surface area contributed by atoms with Crippen LogP contribution in [0.4, 0.5) is 0 Å². The number of carbonyl (C=O) groups excluding carboxylic acids is 2. The van der Waals surface area contributed by atoms with Gasteiger partial charge in [-0.3, -0.25) is 13.8 Å². The van der Waals surface area contributed by atoms with E-state index in [0.29, 0.717) is 0 Å². The molecule has 2 fully saturated rings. The van der Waals surface area contributed by atoms with Crippen molar-refractivity contribution in [3.63, 3.8) is 0 Å². The quantitative estimate of drug-likeness (QED) is 0.438. The summed E-state index contributed by atoms with van der Waals surface area (Å²) >= 11 is 0. The molecular formula is C20H26O10S. The fraction of sp³-hybridized carbons (Fsp3) is 0.600. The third-order valence-electron chi connectivity index (χ3n) is 4.71. The summed E-state index contributed by atoms with van der Waals surface area (Å²) in [4.78, 5) is 23.3. The average molecular weight is 458 g/mol. The van der Waals surface area contributed by atoms with Crippen molar-refractivity contribution >= 4 is 22.1 Å². The van der Waals surface area contributed by atoms with Gasteiger partial charge in [0.25, 0.3) is 10.1 Å². The number of hydrogen-bond acceptors (Lipinski definition) is 10. The number of esters is 2. The van der Waals surface area contributed by atoms with Gasteiger partial charge in [0.05, 0.1) is 4.90 Å². The fourth-order valence-electron chi connectivity index (χ4n) is 3.47. The van der Waals surface area contributed by atoms with Crippen molar-refractivity contribution in [1.82, 2.24) is 0 Å². The van der Waals surface area contributed by atoms with Crippen LogP contribution in [-0.4, -0.2) is 63.5 Å². The molecule has 11 heteroatoms. The molecule has 0 radical (unpaired) electrons. The van der Waals surface area contributed by atoms with E-state index < -0.39 is 65.2 Å². The highest BCUT2D eigenvalue weighted by Gasteiger charge is 2.59. The van der Waals surface area contributed by atoms with Gasteiger partial charge in [0.1, 0.15) is 12.7 Å². The number of fused-ring (bicyclic) bond motifs is 1. The Morgan fingerprint density at radius 3 is 2.32 bits per heavy atom. The third-order valence-corrected chi connectivity index (χ3v) is 6.01. The Hall–Kier alpha value is -2.05. The van der Waals surface area contributed by atoms with E-state index in [9.17, 15) is 18.0 Å². The van der Waals surface area contributed by atoms with Gasteiger partial charge in [-0.15, -0.1) is 0 Å². The Morgan fingerprint density at radius 1 is 1.10 bits per heavy atom. The molecule has 0 amide bonds. The normalized spacial score (nSPS) is 28.0. The van der Waals surface area contributed by atoms with E-state index in [2.05, 4.69) is 0 Å². The number of rotatable bonds is 7. The molecule has 2 aliphatic rings. The maximum Gasteiger partial charge on any atom is 0.303 e. The molecule has 2 saturated heterocycles. The first-order chi connectivity index (χ1) is 14.4. The molecule has 3 rings (SSSR count). The highest BCUT2D eigenvalue weighted by molar-refractivity contribution is 7.86. The average Bonchev–Trinajstić information content (AvgIpc) is 3.11. The smallest absolute Gasteiger partial charge is 0.303 e. The second-order valence-corrected chi connectivity index (χ2v) is 9.46. The topological polar surface area (TPSA) is 124 Å². The van der Waals surface area contributed by atoms with Crippen LogP contribution < -0.4 is 0 Å². The molecule has 0 saturated carbocycles. The molecule has 0 bridgehead atoms. The second-order valence-electron chi connectivity index (χ2n) is 7.84. The van der Waals surface area contributed by atoms with Gasteiger partial charge in [-0.2, -0.15) is 8.42 Å². The monoisotopic (exact) mass is 458 g/mol. The molecule has 0 aliphatic carbocycles. The first-order valence-corrected chi connectivity index (χ1v) is 11.1. The predicted molar refractivity (Wildman–Crippen MR) is 104 cm³/mol. The molecule has 5 unspecified atom stereocenters. The highest BCUT2D eigenvalue weighted by atomic mass is 32.2. The number of benzene rings is 1. The van der Waals surface area contributed by atoms with Gasteiger partial charge >= 0.3 is 11.9 Å². The van der Waals surface area contributed by atoms with Gasteiger partial charge in [-0.1, -0.05) is 17.7 Å². The minimum Gasteiger partial charge on any atom is -0.457 e. The van der Waals surface area contributed by atoms with Crippen molar-refractivity contribution in [3.8, 4) is 0 Å². The first kappa shape index (κ1) is 23.6. The Balaban J connectivity index is 1.80. The van der Waals surface area contributed by atoms with E-state index in [1.807, 2.05) is 6.92 Å². The standard InChI is InChI=1S/C20H26O10S/c1-11-6-8-14(9-7-11)31(23,24)25-10-15(26-12(2)21)16-17(27-13(3)22)18-19(28-16)30-20(4,5)29-18/h6-9,15-19H,10H2,1-5H3. The lowest BCUT2D eigenvalue weighted by atomic mass is 10.1. The van der Waals surface area contributed by atoms with E-state index in [4.69, 9.17) is 27.9 Å². The molecule has 172 valence electrons. The maximum absolute atomic E-state index is 12.6. The van der Waals surface area contributed by atoms with Crippen LogP contribution in [0.25, 0.3) is 0 Å². The summed E-state index contributed by atoms with van der Waals surface area (Å²) in [6.45, 7) is 6.99. The summed E-state index contributed by atoms with van der Waals surface area (Å²) in [5, 5.41) is 0. The van der Waals surface area contributed by atoms with Crippen molar-refractivity contribution in [2.24, 2.45) is 0 Å². The zero-order valence-corrected chi connectivity index (χ0v) is 18.7. The second kappa shape index (κ2) is 8.83. The third kappa shape index (κ3) is 5.60. The molecule has 0 aromatic heterocycles. The van der Waals surface area contributed by atoms with Gasteiger partial charge in [0, 0.05) is 13.8 Å². The number of hydrogen-bond donors (Lipinski definition) is 0. The largest absolute Gasteiger partial charge is 0.457 e. The summed E-state index contributed by atoms with van der Waals surface area (Å²) in [6, 6.07) is 6.09. The summed E-state index contributed by atoms with van der Waals surface area (Å²) in [5.41, 5.74) is 0.884. The Labute approximate surface area is 180 Å². The van der Waals surface area contributed by atoms with Crippen LogP contribution in [0.3, 0.4) is 0 Å². The van der Waals surface area contributed by atoms with Crippen molar-refractivity contribution in [1.29, 1.82) is 0 Å². The minimum atomic E-state index is -4.13. The summed E-state index contributed by atoms with van der Waals surface area (Å²) in [6.07, 6.45) is -4.94. The Kier molecular flexibility index (Phi) is 6.72. The summed E-state index contributed by atoms with van der Waals surface area (Å²) < 4.78 is 58.1. The molecule has 31 heavy (non-hydrogen) atoms. The van der Waals surface area contributed by atoms with E-state index in [1.165, 1.54) is 19.1 Å². The van der Waals surface area contributed by atoms with E-state index in [-0.39, 0.29) is 4.90 Å². The molecule has 2 heterocycles. The van der Waals surface area contributed by atoms with Gasteiger partial charge in [-0.25, -0.2) is 0 Å². The summed E-state index contributed by atoms with van der Waals surface area (Å²) in [5.74, 6) is -2.27. The molecular weight excluding hydrogens is 432 g/mol. The van der Waals surface area contributed by atoms with Gasteiger partial charge in [-0.05, 0) is 32.9 Å². The molecule has 0 spiro atoms. The molecule has 0 N–H and O–H groups in total. The van der Waals surface area contributed by atoms with E-state index >= 15 is 0 Å². The molecule has 1 aromatic rings. The summed E-state index contributed by atoms with van der Waals surface area (Å²) in [7, 11) is -4.13. The lowest BCUT2D eigenvalue weighted by Gasteiger charge is -2.29. The van der Waals surface area contributed by atoms with Gasteiger partial charge in [0.2, 0.25) is 0 Å². The van der Waals surface area contributed by atoms with Crippen LogP contribution in [0.1, 0.15) is 33.3 Å². The van der Waals surface area contributed by atoms with Crippen LogP contribution in [0.5, 0.6) is 0 Å². The van der Waals surface area contributed by atoms with Gasteiger partial charge < -0.3 is 23.7 Å². The number of aryl methyl sites for hydroxylation is 1. The number of ether oxygens (including phenoxy) is 5. The van der Waals surface area contributed by atoms with Crippen molar-refractivity contribution in [2.75, 3.05) is 6.61 Å². The van der Waals surface area contributed by atoms with Crippen LogP contribution >= 0.6 is 0 Å².